The highest BCUT2D eigenvalue weighted by Crippen LogP contribution is 2.12. The molecular formula is C9H16Br2. The van der Waals surface area contributed by atoms with Crippen molar-refractivity contribution in [3.8, 4) is 0 Å². The number of hydrogen-bond donors (Lipinski definition) is 0. The second-order valence-electron chi connectivity index (χ2n) is 2.72. The SMILES string of the molecule is CCCCC(Br)/C=C/C(C)Br. The molecule has 0 heterocycles. The molecule has 0 rings (SSSR count). The maximum atomic E-state index is 3.60. The summed E-state index contributed by atoms with van der Waals surface area (Å²) in [6.45, 7) is 4.34. The summed E-state index contributed by atoms with van der Waals surface area (Å²) < 4.78 is 0. The van der Waals surface area contributed by atoms with Crippen molar-refractivity contribution >= 4 is 31.9 Å². The summed E-state index contributed by atoms with van der Waals surface area (Å²) in [6.07, 6.45) is 8.22. The highest BCUT2D eigenvalue weighted by Gasteiger charge is 1.97. The van der Waals surface area contributed by atoms with Crippen LogP contribution in [0.2, 0.25) is 0 Å². The van der Waals surface area contributed by atoms with Crippen LogP contribution < -0.4 is 0 Å². The molecule has 2 unspecified atom stereocenters. The molecule has 0 aliphatic carbocycles. The van der Waals surface area contributed by atoms with E-state index in [9.17, 15) is 0 Å². The van der Waals surface area contributed by atoms with Gasteiger partial charge in [-0.1, -0.05) is 63.8 Å². The second-order valence-corrected chi connectivity index (χ2v) is 5.34. The van der Waals surface area contributed by atoms with Crippen molar-refractivity contribution in [1.29, 1.82) is 0 Å². The third-order valence-electron chi connectivity index (χ3n) is 1.42. The lowest BCUT2D eigenvalue weighted by Gasteiger charge is -2.02. The lowest BCUT2D eigenvalue weighted by Crippen LogP contribution is -1.93. The molecule has 0 N–H and O–H groups in total. The third-order valence-corrected chi connectivity index (χ3v) is 2.49. The number of unbranched alkanes of at least 4 members (excludes halogenated alkanes) is 1. The predicted octanol–water partition coefficient (Wildman–Crippen LogP) is 4.28. The zero-order chi connectivity index (χ0) is 8.69. The van der Waals surface area contributed by atoms with Crippen molar-refractivity contribution in [1.82, 2.24) is 0 Å². The quantitative estimate of drug-likeness (QED) is 0.522. The van der Waals surface area contributed by atoms with Gasteiger partial charge in [0.05, 0.1) is 0 Å². The monoisotopic (exact) mass is 282 g/mol. The Bertz CT molecular complexity index is 108. The summed E-state index contributed by atoms with van der Waals surface area (Å²) in [7, 11) is 0. The summed E-state index contributed by atoms with van der Waals surface area (Å²) in [5, 5.41) is 0. The molecule has 0 aromatic heterocycles. The summed E-state index contributed by atoms with van der Waals surface area (Å²) in [5.74, 6) is 0. The molecule has 2 heteroatoms. The van der Waals surface area contributed by atoms with Crippen LogP contribution in [0.1, 0.15) is 33.1 Å². The number of rotatable bonds is 5. The van der Waals surface area contributed by atoms with Crippen LogP contribution in [0.4, 0.5) is 0 Å². The average molecular weight is 284 g/mol. The Morgan fingerprint density at radius 2 is 1.91 bits per heavy atom. The molecule has 0 aliphatic heterocycles. The van der Waals surface area contributed by atoms with Crippen LogP contribution in [0, 0.1) is 0 Å². The molecule has 11 heavy (non-hydrogen) atoms. The highest BCUT2D eigenvalue weighted by molar-refractivity contribution is 9.10. The van der Waals surface area contributed by atoms with E-state index in [1.165, 1.54) is 19.3 Å². The van der Waals surface area contributed by atoms with Crippen molar-refractivity contribution in [2.75, 3.05) is 0 Å². The van der Waals surface area contributed by atoms with Gasteiger partial charge in [-0.05, 0) is 13.3 Å². The van der Waals surface area contributed by atoms with Gasteiger partial charge in [0.15, 0.2) is 0 Å². The molecule has 0 aromatic rings. The summed E-state index contributed by atoms with van der Waals surface area (Å²) in [4.78, 5) is 1.05. The predicted molar refractivity (Wildman–Crippen MR) is 59.8 cm³/mol. The molecule has 0 nitrogen and oxygen atoms in total. The molecule has 0 aromatic carbocycles. The van der Waals surface area contributed by atoms with Gasteiger partial charge in [-0.2, -0.15) is 0 Å². The Labute approximate surface area is 86.7 Å². The molecule has 0 bridgehead atoms. The molecule has 0 amide bonds. The first kappa shape index (κ1) is 11.7. The normalized spacial score (nSPS) is 17.1. The molecule has 66 valence electrons. The van der Waals surface area contributed by atoms with Crippen LogP contribution in [0.15, 0.2) is 12.2 Å². The number of allylic oxidation sites excluding steroid dienone is 2. The van der Waals surface area contributed by atoms with E-state index in [0.717, 1.165) is 0 Å². The topological polar surface area (TPSA) is 0 Å². The first-order chi connectivity index (χ1) is 5.16. The smallest absolute Gasteiger partial charge is 0.0325 e. The fourth-order valence-electron chi connectivity index (χ4n) is 0.769. The van der Waals surface area contributed by atoms with Crippen LogP contribution in [-0.4, -0.2) is 9.65 Å². The van der Waals surface area contributed by atoms with Gasteiger partial charge in [-0.15, -0.1) is 0 Å². The van der Waals surface area contributed by atoms with E-state index in [4.69, 9.17) is 0 Å². The fourth-order valence-corrected chi connectivity index (χ4v) is 1.45. The average Bonchev–Trinajstić information content (AvgIpc) is 1.97. The van der Waals surface area contributed by atoms with Crippen LogP contribution in [-0.2, 0) is 0 Å². The Balaban J connectivity index is 3.42. The fraction of sp³-hybridized carbons (Fsp3) is 0.778. The van der Waals surface area contributed by atoms with Gasteiger partial charge in [0.2, 0.25) is 0 Å². The van der Waals surface area contributed by atoms with Crippen molar-refractivity contribution in [2.24, 2.45) is 0 Å². The number of alkyl halides is 2. The highest BCUT2D eigenvalue weighted by atomic mass is 79.9. The van der Waals surface area contributed by atoms with Gasteiger partial charge >= 0.3 is 0 Å². The van der Waals surface area contributed by atoms with Gasteiger partial charge in [0.25, 0.3) is 0 Å². The van der Waals surface area contributed by atoms with Crippen LogP contribution in [0.3, 0.4) is 0 Å². The minimum Gasteiger partial charge on any atom is -0.0848 e. The number of halogens is 2. The van der Waals surface area contributed by atoms with Crippen molar-refractivity contribution in [3.05, 3.63) is 12.2 Å². The van der Waals surface area contributed by atoms with Gasteiger partial charge in [0.1, 0.15) is 0 Å². The molecule has 0 saturated carbocycles. The van der Waals surface area contributed by atoms with Gasteiger partial charge in [-0.3, -0.25) is 0 Å². The molecule has 0 spiro atoms. The van der Waals surface area contributed by atoms with E-state index in [1.807, 2.05) is 0 Å². The largest absolute Gasteiger partial charge is 0.0848 e. The third kappa shape index (κ3) is 8.61. The Morgan fingerprint density at radius 1 is 1.27 bits per heavy atom. The zero-order valence-corrected chi connectivity index (χ0v) is 10.4. The maximum absolute atomic E-state index is 3.60. The number of hydrogen-bond acceptors (Lipinski definition) is 0. The summed E-state index contributed by atoms with van der Waals surface area (Å²) >= 11 is 7.06. The zero-order valence-electron chi connectivity index (χ0n) is 7.19. The lowest BCUT2D eigenvalue weighted by atomic mass is 10.2. The Kier molecular flexibility index (Phi) is 7.82. The Morgan fingerprint density at radius 3 is 2.36 bits per heavy atom. The van der Waals surface area contributed by atoms with Crippen LogP contribution >= 0.6 is 31.9 Å². The second kappa shape index (κ2) is 7.35. The van der Waals surface area contributed by atoms with E-state index in [0.29, 0.717) is 9.65 Å². The molecule has 0 aliphatic rings. The van der Waals surface area contributed by atoms with Crippen molar-refractivity contribution in [2.45, 2.75) is 42.8 Å². The molecule has 0 saturated heterocycles. The first-order valence-corrected chi connectivity index (χ1v) is 5.96. The minimum absolute atomic E-state index is 0.490. The molecule has 0 radical (unpaired) electrons. The van der Waals surface area contributed by atoms with Gasteiger partial charge in [0, 0.05) is 9.65 Å². The van der Waals surface area contributed by atoms with E-state index in [2.05, 4.69) is 57.9 Å². The summed E-state index contributed by atoms with van der Waals surface area (Å²) in [6, 6.07) is 0. The van der Waals surface area contributed by atoms with E-state index in [-0.39, 0.29) is 0 Å². The van der Waals surface area contributed by atoms with Crippen molar-refractivity contribution < 1.29 is 0 Å². The van der Waals surface area contributed by atoms with E-state index in [1.54, 1.807) is 0 Å². The molecular weight excluding hydrogens is 268 g/mol. The molecule has 2 atom stereocenters. The van der Waals surface area contributed by atoms with E-state index < -0.39 is 0 Å². The minimum atomic E-state index is 0.490. The molecule has 0 fully saturated rings. The first-order valence-electron chi connectivity index (χ1n) is 4.13. The van der Waals surface area contributed by atoms with Gasteiger partial charge in [-0.25, -0.2) is 0 Å². The Hall–Kier alpha value is 0.700. The van der Waals surface area contributed by atoms with Crippen LogP contribution in [0.5, 0.6) is 0 Å². The van der Waals surface area contributed by atoms with E-state index >= 15 is 0 Å². The van der Waals surface area contributed by atoms with Crippen LogP contribution in [0.25, 0.3) is 0 Å². The summed E-state index contributed by atoms with van der Waals surface area (Å²) in [5.41, 5.74) is 0. The van der Waals surface area contributed by atoms with Gasteiger partial charge < -0.3 is 0 Å². The van der Waals surface area contributed by atoms with Crippen molar-refractivity contribution in [3.63, 3.8) is 0 Å². The standard InChI is InChI=1S/C9H16Br2/c1-3-4-5-9(11)7-6-8(2)10/h6-9H,3-5H2,1-2H3/b7-6+. The lowest BCUT2D eigenvalue weighted by molar-refractivity contribution is 0.742. The maximum Gasteiger partial charge on any atom is 0.0325 e.